The van der Waals surface area contributed by atoms with E-state index in [-0.39, 0.29) is 11.3 Å². The van der Waals surface area contributed by atoms with Crippen LogP contribution in [0.25, 0.3) is 0 Å². The Balaban J connectivity index is 1.42. The first-order chi connectivity index (χ1) is 12.4. The normalized spacial score (nSPS) is 23.3. The molecule has 3 rings (SSSR count). The highest BCUT2D eigenvalue weighted by atomic mass is 32.2. The first-order valence-corrected chi connectivity index (χ1v) is 10.7. The van der Waals surface area contributed by atoms with Crippen molar-refractivity contribution in [3.8, 4) is 0 Å². The lowest BCUT2D eigenvalue weighted by molar-refractivity contribution is 0.323. The zero-order chi connectivity index (χ0) is 18.6. The van der Waals surface area contributed by atoms with Gasteiger partial charge in [-0.1, -0.05) is 0 Å². The topological polar surface area (TPSA) is 107 Å². The van der Waals surface area contributed by atoms with Gasteiger partial charge in [0.05, 0.1) is 5.25 Å². The molecular formula is C17H28N6O2S. The molecule has 1 fully saturated rings. The molecule has 0 radical (unpaired) electrons. The van der Waals surface area contributed by atoms with Gasteiger partial charge in [0, 0.05) is 23.8 Å². The Hall–Kier alpha value is -1.84. The van der Waals surface area contributed by atoms with Crippen molar-refractivity contribution >= 4 is 21.5 Å². The van der Waals surface area contributed by atoms with Crippen molar-refractivity contribution in [2.45, 2.75) is 50.8 Å². The minimum absolute atomic E-state index is 0.0832. The molecule has 1 aliphatic heterocycles. The standard InChI is InChI=1S/C17H28N6O2S/c1-12(2)26(24,25)21-16-7-3-13(4-8-16)11-18-15-9-5-14(6-10-15)17-19-22-23-20-17/h5-6,9-10,12-13,16,18,21-23H,3-4,7-8,11H2,1-2H3,(H,19,20)/t13-,16-. The Morgan fingerprint density at radius 1 is 1.15 bits per heavy atom. The maximum atomic E-state index is 12.0. The fourth-order valence-electron chi connectivity index (χ4n) is 3.20. The van der Waals surface area contributed by atoms with Crippen LogP contribution in [0.2, 0.25) is 0 Å². The van der Waals surface area contributed by atoms with Gasteiger partial charge in [-0.3, -0.25) is 5.43 Å². The Bertz CT molecular complexity index is 724. The highest BCUT2D eigenvalue weighted by Crippen LogP contribution is 2.25. The van der Waals surface area contributed by atoms with Gasteiger partial charge >= 0.3 is 0 Å². The molecule has 0 saturated heterocycles. The van der Waals surface area contributed by atoms with E-state index in [1.54, 1.807) is 13.8 Å². The summed E-state index contributed by atoms with van der Waals surface area (Å²) in [5.74, 6) is 1.34. The molecule has 1 aromatic rings. The van der Waals surface area contributed by atoms with E-state index in [1.807, 2.05) is 24.3 Å². The molecule has 8 nitrogen and oxygen atoms in total. The molecule has 0 bridgehead atoms. The molecule has 0 amide bonds. The van der Waals surface area contributed by atoms with Crippen LogP contribution in [0.3, 0.4) is 0 Å². The van der Waals surface area contributed by atoms with E-state index < -0.39 is 10.0 Å². The number of rotatable bonds is 7. The molecule has 0 aromatic heterocycles. The van der Waals surface area contributed by atoms with Crippen LogP contribution >= 0.6 is 0 Å². The van der Waals surface area contributed by atoms with Gasteiger partial charge in [-0.25, -0.2) is 18.7 Å². The van der Waals surface area contributed by atoms with Gasteiger partial charge in [0.2, 0.25) is 10.0 Å². The summed E-state index contributed by atoms with van der Waals surface area (Å²) >= 11 is 0. The van der Waals surface area contributed by atoms with Crippen molar-refractivity contribution in [1.82, 2.24) is 21.2 Å². The molecule has 5 N–H and O–H groups in total. The third kappa shape index (κ3) is 4.87. The van der Waals surface area contributed by atoms with E-state index in [1.165, 1.54) is 0 Å². The second kappa shape index (κ2) is 8.24. The molecule has 1 aromatic carbocycles. The van der Waals surface area contributed by atoms with Crippen LogP contribution in [-0.2, 0) is 10.0 Å². The van der Waals surface area contributed by atoms with E-state index in [4.69, 9.17) is 0 Å². The quantitative estimate of drug-likeness (QED) is 0.488. The van der Waals surface area contributed by atoms with Crippen LogP contribution in [0, 0.1) is 5.92 Å². The summed E-state index contributed by atoms with van der Waals surface area (Å²) in [4.78, 5) is 0. The minimum atomic E-state index is -3.17. The number of anilines is 1. The lowest BCUT2D eigenvalue weighted by atomic mass is 9.86. The molecule has 0 atom stereocenters. The SMILES string of the molecule is CC(C)S(=O)(=O)N[C@H]1CC[C@H](CNc2ccc(C3=NNNN3)cc2)CC1. The average molecular weight is 381 g/mol. The molecule has 26 heavy (non-hydrogen) atoms. The van der Waals surface area contributed by atoms with Gasteiger partial charge in [-0.2, -0.15) is 0 Å². The van der Waals surface area contributed by atoms with E-state index in [0.29, 0.717) is 5.92 Å². The largest absolute Gasteiger partial charge is 0.385 e. The highest BCUT2D eigenvalue weighted by Gasteiger charge is 2.26. The number of hydrazone groups is 1. The van der Waals surface area contributed by atoms with Crippen LogP contribution in [0.1, 0.15) is 45.1 Å². The van der Waals surface area contributed by atoms with Gasteiger partial charge in [0.1, 0.15) is 0 Å². The molecule has 0 spiro atoms. The lowest BCUT2D eigenvalue weighted by Crippen LogP contribution is -2.41. The number of nitrogens with one attached hydrogen (secondary N) is 5. The van der Waals surface area contributed by atoms with Gasteiger partial charge in [0.25, 0.3) is 0 Å². The minimum Gasteiger partial charge on any atom is -0.385 e. The third-order valence-electron chi connectivity index (χ3n) is 4.96. The van der Waals surface area contributed by atoms with Crippen molar-refractivity contribution in [2.75, 3.05) is 11.9 Å². The highest BCUT2D eigenvalue weighted by molar-refractivity contribution is 7.90. The van der Waals surface area contributed by atoms with Crippen LogP contribution in [0.4, 0.5) is 5.69 Å². The Morgan fingerprint density at radius 2 is 1.85 bits per heavy atom. The van der Waals surface area contributed by atoms with Crippen molar-refractivity contribution < 1.29 is 8.42 Å². The molecule has 144 valence electrons. The number of hydrazine groups is 2. The molecular weight excluding hydrogens is 352 g/mol. The third-order valence-corrected chi connectivity index (χ3v) is 6.86. The van der Waals surface area contributed by atoms with E-state index >= 15 is 0 Å². The number of nitrogens with zero attached hydrogens (tertiary/aromatic N) is 1. The van der Waals surface area contributed by atoms with Crippen molar-refractivity contribution in [3.05, 3.63) is 29.8 Å². The van der Waals surface area contributed by atoms with E-state index in [2.05, 4.69) is 31.6 Å². The average Bonchev–Trinajstić information content (AvgIpc) is 3.16. The Morgan fingerprint density at radius 3 is 2.42 bits per heavy atom. The van der Waals surface area contributed by atoms with Gasteiger partial charge in [-0.15, -0.1) is 10.6 Å². The van der Waals surface area contributed by atoms with Crippen LogP contribution in [0.15, 0.2) is 29.4 Å². The smallest absolute Gasteiger partial charge is 0.214 e. The summed E-state index contributed by atoms with van der Waals surface area (Å²) in [5, 5.41) is 7.18. The van der Waals surface area contributed by atoms with Gasteiger partial charge in [0.15, 0.2) is 5.84 Å². The molecule has 0 unspecified atom stereocenters. The zero-order valence-corrected chi connectivity index (χ0v) is 16.1. The van der Waals surface area contributed by atoms with Crippen LogP contribution in [-0.4, -0.2) is 32.1 Å². The lowest BCUT2D eigenvalue weighted by Gasteiger charge is -2.29. The first-order valence-electron chi connectivity index (χ1n) is 9.13. The van der Waals surface area contributed by atoms with Crippen LogP contribution < -0.4 is 26.5 Å². The Kier molecular flexibility index (Phi) is 6.00. The van der Waals surface area contributed by atoms with Crippen molar-refractivity contribution in [2.24, 2.45) is 11.0 Å². The number of hydrogen-bond acceptors (Lipinski definition) is 7. The summed E-state index contributed by atoms with van der Waals surface area (Å²) in [5.41, 5.74) is 10.4. The summed E-state index contributed by atoms with van der Waals surface area (Å²) in [6, 6.07) is 8.20. The molecule has 1 heterocycles. The predicted molar refractivity (Wildman–Crippen MR) is 104 cm³/mol. The fourth-order valence-corrected chi connectivity index (χ4v) is 4.17. The maximum absolute atomic E-state index is 12.0. The number of benzene rings is 1. The predicted octanol–water partition coefficient (Wildman–Crippen LogP) is 1.26. The van der Waals surface area contributed by atoms with Crippen molar-refractivity contribution in [3.63, 3.8) is 0 Å². The summed E-state index contributed by atoms with van der Waals surface area (Å²) < 4.78 is 26.8. The summed E-state index contributed by atoms with van der Waals surface area (Å²) in [6.07, 6.45) is 3.88. The van der Waals surface area contributed by atoms with E-state index in [9.17, 15) is 8.42 Å². The summed E-state index contributed by atoms with van der Waals surface area (Å²) in [7, 11) is -3.17. The molecule has 1 aliphatic carbocycles. The Labute approximate surface area is 155 Å². The zero-order valence-electron chi connectivity index (χ0n) is 15.2. The fraction of sp³-hybridized carbons (Fsp3) is 0.588. The second-order valence-corrected chi connectivity index (χ2v) is 9.48. The van der Waals surface area contributed by atoms with Gasteiger partial charge < -0.3 is 5.32 Å². The number of hydrogen-bond donors (Lipinski definition) is 5. The first kappa shape index (κ1) is 18.9. The second-order valence-electron chi connectivity index (χ2n) is 7.21. The number of sulfonamides is 1. The van der Waals surface area contributed by atoms with Gasteiger partial charge in [-0.05, 0) is 69.7 Å². The number of amidine groups is 1. The molecule has 9 heteroatoms. The maximum Gasteiger partial charge on any atom is 0.214 e. The molecule has 1 saturated carbocycles. The molecule has 2 aliphatic rings. The monoisotopic (exact) mass is 380 g/mol. The van der Waals surface area contributed by atoms with E-state index in [0.717, 1.165) is 49.3 Å². The van der Waals surface area contributed by atoms with Crippen molar-refractivity contribution in [1.29, 1.82) is 0 Å². The summed E-state index contributed by atoms with van der Waals surface area (Å²) in [6.45, 7) is 4.34. The van der Waals surface area contributed by atoms with Crippen LogP contribution in [0.5, 0.6) is 0 Å².